The fourth-order valence-electron chi connectivity index (χ4n) is 1.33. The quantitative estimate of drug-likeness (QED) is 0.266. The van der Waals surface area contributed by atoms with Crippen LogP contribution in [0.3, 0.4) is 0 Å². The van der Waals surface area contributed by atoms with Gasteiger partial charge in [0.25, 0.3) is 0 Å². The Hall–Kier alpha value is 0.875. The molecule has 0 aliphatic carbocycles. The Morgan fingerprint density at radius 1 is 1.50 bits per heavy atom. The van der Waals surface area contributed by atoms with Crippen LogP contribution in [0.15, 0.2) is 0 Å². The second-order valence-electron chi connectivity index (χ2n) is 4.70. The number of ether oxygens (including phenoxy) is 1. The van der Waals surface area contributed by atoms with E-state index in [0.717, 1.165) is 0 Å². The van der Waals surface area contributed by atoms with Crippen molar-refractivity contribution < 1.29 is 14.6 Å². The molecule has 0 aromatic rings. The normalized spacial score (nSPS) is 17.9. The van der Waals surface area contributed by atoms with Crippen LogP contribution in [0.4, 0.5) is 0 Å². The Morgan fingerprint density at radius 3 is 2.39 bits per heavy atom. The highest BCUT2D eigenvalue weighted by molar-refractivity contribution is 14.3. The number of aliphatic carboxylic acids is 1. The van der Waals surface area contributed by atoms with E-state index in [9.17, 15) is 4.79 Å². The SMILES string of the molecule is CCC(C)(CCOC(C)(CN)NB(I)I)C(=O)O. The number of rotatable bonds is 9. The third-order valence-electron chi connectivity index (χ3n) is 3.18. The van der Waals surface area contributed by atoms with Gasteiger partial charge in [0.1, 0.15) is 5.72 Å². The van der Waals surface area contributed by atoms with Gasteiger partial charge >= 0.3 is 8.53 Å². The van der Waals surface area contributed by atoms with Crippen molar-refractivity contribution in [3.8, 4) is 0 Å². The molecular formula is C10H21BI2N2O3. The molecule has 0 heterocycles. The van der Waals surface area contributed by atoms with Gasteiger partial charge in [-0.2, -0.15) is 0 Å². The lowest BCUT2D eigenvalue weighted by Crippen LogP contribution is -2.54. The van der Waals surface area contributed by atoms with Crippen LogP contribution in [0.2, 0.25) is 0 Å². The first-order valence-electron chi connectivity index (χ1n) is 5.82. The molecule has 18 heavy (non-hydrogen) atoms. The molecule has 5 nitrogen and oxygen atoms in total. The highest BCUT2D eigenvalue weighted by Gasteiger charge is 2.32. The lowest BCUT2D eigenvalue weighted by atomic mass is 9.84. The van der Waals surface area contributed by atoms with Gasteiger partial charge in [-0.3, -0.25) is 4.79 Å². The van der Waals surface area contributed by atoms with Gasteiger partial charge in [0.2, 0.25) is 0 Å². The topological polar surface area (TPSA) is 84.6 Å². The molecular weight excluding hydrogens is 461 g/mol. The minimum Gasteiger partial charge on any atom is -0.481 e. The standard InChI is InChI=1S/C10H21BI2N2O3/c1-4-9(2,8(16)17)5-6-18-10(3,7-14)15-11(12)13/h15H,4-7,14H2,1-3H3,(H,16,17). The van der Waals surface area contributed by atoms with Crippen molar-refractivity contribution >= 4 is 53.3 Å². The molecule has 0 aromatic carbocycles. The molecule has 0 aliphatic heterocycles. The summed E-state index contributed by atoms with van der Waals surface area (Å²) in [7, 11) is 0. The summed E-state index contributed by atoms with van der Waals surface area (Å²) in [6, 6.07) is 0. The molecule has 8 heteroatoms. The van der Waals surface area contributed by atoms with Crippen LogP contribution in [0.5, 0.6) is 0 Å². The number of carboxylic acids is 1. The first-order chi connectivity index (χ1) is 8.19. The molecule has 0 saturated carbocycles. The predicted octanol–water partition coefficient (Wildman–Crippen LogP) is 2.01. The van der Waals surface area contributed by atoms with E-state index in [-0.39, 0.29) is 2.56 Å². The zero-order valence-electron chi connectivity index (χ0n) is 11.0. The summed E-state index contributed by atoms with van der Waals surface area (Å²) in [5.74, 6) is -0.781. The van der Waals surface area contributed by atoms with Gasteiger partial charge in [-0.15, -0.1) is 44.7 Å². The molecule has 4 N–H and O–H groups in total. The number of nitrogens with one attached hydrogen (secondary N) is 1. The maximum Gasteiger partial charge on any atom is 0.368 e. The molecule has 0 radical (unpaired) electrons. The summed E-state index contributed by atoms with van der Waals surface area (Å²) in [6.07, 6.45) is 1.06. The predicted molar refractivity (Wildman–Crippen MR) is 91.0 cm³/mol. The zero-order chi connectivity index (χ0) is 14.4. The van der Waals surface area contributed by atoms with E-state index in [1.54, 1.807) is 6.92 Å². The first kappa shape index (κ1) is 18.9. The summed E-state index contributed by atoms with van der Waals surface area (Å²) in [5, 5.41) is 12.4. The average Bonchev–Trinajstić information content (AvgIpc) is 2.27. The van der Waals surface area contributed by atoms with Gasteiger partial charge < -0.3 is 20.8 Å². The molecule has 0 rings (SSSR count). The van der Waals surface area contributed by atoms with Crippen molar-refractivity contribution in [2.45, 2.75) is 39.3 Å². The maximum atomic E-state index is 11.2. The van der Waals surface area contributed by atoms with E-state index in [4.69, 9.17) is 15.6 Å². The first-order valence-corrected chi connectivity index (χ1v) is 8.31. The van der Waals surface area contributed by atoms with Crippen molar-refractivity contribution in [1.82, 2.24) is 5.23 Å². The maximum absolute atomic E-state index is 11.2. The molecule has 0 amide bonds. The van der Waals surface area contributed by atoms with Crippen LogP contribution in [0.25, 0.3) is 0 Å². The molecule has 2 atom stereocenters. The second kappa shape index (κ2) is 8.23. The molecule has 0 saturated heterocycles. The number of halogens is 2. The molecule has 0 aliphatic rings. The van der Waals surface area contributed by atoms with Crippen molar-refractivity contribution in [2.24, 2.45) is 11.1 Å². The Morgan fingerprint density at radius 2 is 2.06 bits per heavy atom. The van der Waals surface area contributed by atoms with E-state index in [1.807, 2.05) is 13.8 Å². The fraction of sp³-hybridized carbons (Fsp3) is 0.900. The van der Waals surface area contributed by atoms with E-state index >= 15 is 0 Å². The molecule has 0 aromatic heterocycles. The zero-order valence-corrected chi connectivity index (χ0v) is 15.3. The average molecular weight is 482 g/mol. The number of hydrogen-bond acceptors (Lipinski definition) is 4. The molecule has 0 fully saturated rings. The van der Waals surface area contributed by atoms with Gasteiger partial charge in [0, 0.05) is 6.54 Å². The number of hydrogen-bond donors (Lipinski definition) is 3. The van der Waals surface area contributed by atoms with Crippen LogP contribution in [0.1, 0.15) is 33.6 Å². The Bertz CT molecular complexity index is 284. The number of carboxylic acid groups (broad SMARTS) is 1. The van der Waals surface area contributed by atoms with Crippen LogP contribution in [0, 0.1) is 5.41 Å². The molecule has 0 spiro atoms. The van der Waals surface area contributed by atoms with Gasteiger partial charge in [0.15, 0.2) is 0 Å². The van der Waals surface area contributed by atoms with Crippen LogP contribution >= 0.6 is 44.7 Å². The van der Waals surface area contributed by atoms with E-state index in [2.05, 4.69) is 50.0 Å². The van der Waals surface area contributed by atoms with Crippen molar-refractivity contribution in [3.63, 3.8) is 0 Å². The lowest BCUT2D eigenvalue weighted by Gasteiger charge is -2.32. The summed E-state index contributed by atoms with van der Waals surface area (Å²) in [5.41, 5.74) is 4.34. The second-order valence-corrected chi connectivity index (χ2v) is 9.57. The summed E-state index contributed by atoms with van der Waals surface area (Å²) in [6.45, 7) is 6.20. The lowest BCUT2D eigenvalue weighted by molar-refractivity contribution is -0.150. The van der Waals surface area contributed by atoms with Crippen LogP contribution in [-0.2, 0) is 9.53 Å². The van der Waals surface area contributed by atoms with Gasteiger partial charge in [-0.25, -0.2) is 0 Å². The number of carbonyl (C=O) groups is 1. The highest BCUT2D eigenvalue weighted by atomic mass is 127. The third-order valence-corrected chi connectivity index (χ3v) is 3.80. The Kier molecular flexibility index (Phi) is 8.63. The van der Waals surface area contributed by atoms with Crippen LogP contribution < -0.4 is 11.0 Å². The van der Waals surface area contributed by atoms with Crippen LogP contribution in [-0.4, -0.2) is 32.5 Å². The fourth-order valence-corrected chi connectivity index (χ4v) is 2.64. The number of nitrogens with two attached hydrogens (primary N) is 1. The third kappa shape index (κ3) is 6.35. The largest absolute Gasteiger partial charge is 0.481 e. The monoisotopic (exact) mass is 482 g/mol. The van der Waals surface area contributed by atoms with Crippen molar-refractivity contribution in [2.75, 3.05) is 13.2 Å². The van der Waals surface area contributed by atoms with Gasteiger partial charge in [-0.1, -0.05) is 6.92 Å². The van der Waals surface area contributed by atoms with Gasteiger partial charge in [-0.05, 0) is 26.7 Å². The van der Waals surface area contributed by atoms with E-state index < -0.39 is 17.1 Å². The van der Waals surface area contributed by atoms with E-state index in [0.29, 0.717) is 26.0 Å². The van der Waals surface area contributed by atoms with E-state index in [1.165, 1.54) is 0 Å². The summed E-state index contributed by atoms with van der Waals surface area (Å²) >= 11 is 4.45. The highest BCUT2D eigenvalue weighted by Crippen LogP contribution is 2.26. The Balaban J connectivity index is 4.34. The molecule has 106 valence electrons. The smallest absolute Gasteiger partial charge is 0.368 e. The molecule has 0 bridgehead atoms. The van der Waals surface area contributed by atoms with Crippen molar-refractivity contribution in [1.29, 1.82) is 0 Å². The Labute approximate surface area is 136 Å². The molecule has 2 unspecified atom stereocenters. The minimum atomic E-state index is -0.781. The summed E-state index contributed by atoms with van der Waals surface area (Å²) in [4.78, 5) is 11.2. The summed E-state index contributed by atoms with van der Waals surface area (Å²) < 4.78 is 5.93. The minimum absolute atomic E-state index is 0.200. The van der Waals surface area contributed by atoms with Gasteiger partial charge in [0.05, 0.1) is 12.0 Å². The van der Waals surface area contributed by atoms with Crippen molar-refractivity contribution in [3.05, 3.63) is 0 Å².